The molecule has 0 aliphatic heterocycles. The summed E-state index contributed by atoms with van der Waals surface area (Å²) in [6.45, 7) is -0.932. The Kier molecular flexibility index (Phi) is 4.26. The molecule has 9 nitrogen and oxygen atoms in total. The van der Waals surface area contributed by atoms with Crippen LogP contribution in [0.3, 0.4) is 0 Å². The molecule has 0 saturated heterocycles. The highest BCUT2D eigenvalue weighted by molar-refractivity contribution is 7.92. The molecule has 12 heteroatoms. The van der Waals surface area contributed by atoms with Gasteiger partial charge in [-0.3, -0.25) is 4.72 Å². The van der Waals surface area contributed by atoms with Crippen LogP contribution in [0.1, 0.15) is 0 Å². The van der Waals surface area contributed by atoms with E-state index in [1.165, 1.54) is 19.4 Å². The summed E-state index contributed by atoms with van der Waals surface area (Å²) >= 11 is 0. The number of aromatic nitrogens is 5. The smallest absolute Gasteiger partial charge is 0.284 e. The van der Waals surface area contributed by atoms with E-state index in [0.717, 1.165) is 11.0 Å². The van der Waals surface area contributed by atoms with Crippen molar-refractivity contribution in [3.8, 4) is 5.88 Å². The van der Waals surface area contributed by atoms with Gasteiger partial charge in [-0.2, -0.15) is 18.3 Å². The van der Waals surface area contributed by atoms with Crippen molar-refractivity contribution in [2.45, 2.75) is 11.5 Å². The van der Waals surface area contributed by atoms with Crippen molar-refractivity contribution in [2.24, 2.45) is 7.05 Å². The molecule has 2 heterocycles. The fraction of sp³-hybridized carbons (Fsp3) is 0.333. The van der Waals surface area contributed by atoms with Crippen LogP contribution in [-0.2, 0) is 17.1 Å². The van der Waals surface area contributed by atoms with Crippen LogP contribution in [0.4, 0.5) is 14.6 Å². The second-order valence-corrected chi connectivity index (χ2v) is 5.32. The second-order valence-electron chi connectivity index (χ2n) is 3.69. The number of aryl methyl sites for hydroxylation is 1. The Morgan fingerprint density at radius 1 is 1.38 bits per heavy atom. The third-order valence-corrected chi connectivity index (χ3v) is 3.30. The Morgan fingerprint density at radius 3 is 2.71 bits per heavy atom. The van der Waals surface area contributed by atoms with Crippen molar-refractivity contribution >= 4 is 15.8 Å². The highest BCUT2D eigenvalue weighted by Gasteiger charge is 2.21. The molecular formula is C9H10F2N6O3S. The van der Waals surface area contributed by atoms with Gasteiger partial charge in [0.25, 0.3) is 22.3 Å². The van der Waals surface area contributed by atoms with Crippen LogP contribution in [0.5, 0.6) is 5.88 Å². The lowest BCUT2D eigenvalue weighted by atomic mass is 10.6. The molecule has 0 unspecified atom stereocenters. The predicted molar refractivity (Wildman–Crippen MR) is 65.3 cm³/mol. The Hall–Kier alpha value is -2.37. The van der Waals surface area contributed by atoms with Gasteiger partial charge in [-0.15, -0.1) is 5.10 Å². The summed E-state index contributed by atoms with van der Waals surface area (Å²) in [4.78, 5) is 8.40. The number of halogens is 2. The number of hydrogen-bond donors (Lipinski definition) is 1. The van der Waals surface area contributed by atoms with Crippen LogP contribution in [0.25, 0.3) is 0 Å². The molecule has 0 radical (unpaired) electrons. The van der Waals surface area contributed by atoms with Crippen molar-refractivity contribution < 1.29 is 21.9 Å². The molecule has 0 atom stereocenters. The van der Waals surface area contributed by atoms with Crippen molar-refractivity contribution in [1.82, 2.24) is 25.0 Å². The van der Waals surface area contributed by atoms with Gasteiger partial charge in [0.15, 0.2) is 6.61 Å². The molecule has 0 spiro atoms. The molecule has 0 bridgehead atoms. The average Bonchev–Trinajstić information content (AvgIpc) is 2.85. The molecule has 2 aromatic rings. The van der Waals surface area contributed by atoms with Gasteiger partial charge in [-0.05, 0) is 0 Å². The van der Waals surface area contributed by atoms with E-state index in [4.69, 9.17) is 4.74 Å². The van der Waals surface area contributed by atoms with E-state index in [9.17, 15) is 17.2 Å². The Bertz CT molecular complexity index is 720. The Balaban J connectivity index is 2.23. The lowest BCUT2D eigenvalue weighted by Crippen LogP contribution is -2.17. The van der Waals surface area contributed by atoms with Crippen LogP contribution in [0.2, 0.25) is 0 Å². The number of rotatable bonds is 6. The number of nitrogens with one attached hydrogen (secondary N) is 1. The zero-order chi connectivity index (χ0) is 15.5. The fourth-order valence-electron chi connectivity index (χ4n) is 1.27. The zero-order valence-electron chi connectivity index (χ0n) is 10.6. The molecule has 0 saturated carbocycles. The first-order valence-corrected chi connectivity index (χ1v) is 6.98. The number of ether oxygens (including phenoxy) is 1. The molecule has 114 valence electrons. The molecule has 0 aliphatic rings. The summed E-state index contributed by atoms with van der Waals surface area (Å²) in [5, 5.41) is 6.90. The van der Waals surface area contributed by atoms with Crippen LogP contribution in [-0.4, -0.2) is 46.4 Å². The molecule has 2 aromatic heterocycles. The summed E-state index contributed by atoms with van der Waals surface area (Å²) in [7, 11) is -2.63. The quantitative estimate of drug-likeness (QED) is 0.800. The van der Waals surface area contributed by atoms with Crippen molar-refractivity contribution in [3.63, 3.8) is 0 Å². The van der Waals surface area contributed by atoms with Gasteiger partial charge in [-0.1, -0.05) is 0 Å². The van der Waals surface area contributed by atoms with E-state index in [2.05, 4.69) is 24.9 Å². The topological polar surface area (TPSA) is 112 Å². The summed E-state index contributed by atoms with van der Waals surface area (Å²) in [5.41, 5.74) is 0. The third kappa shape index (κ3) is 3.81. The minimum atomic E-state index is -4.07. The molecule has 2 rings (SSSR count). The number of alkyl halides is 2. The minimum Gasteiger partial charge on any atom is -0.469 e. The van der Waals surface area contributed by atoms with E-state index in [-0.39, 0.29) is 16.7 Å². The van der Waals surface area contributed by atoms with Gasteiger partial charge in [0.1, 0.15) is 0 Å². The van der Waals surface area contributed by atoms with E-state index in [1.54, 1.807) is 0 Å². The maximum atomic E-state index is 12.1. The predicted octanol–water partition coefficient (Wildman–Crippen LogP) is 0.0498. The summed E-state index contributed by atoms with van der Waals surface area (Å²) < 4.78 is 55.0. The first-order chi connectivity index (χ1) is 9.88. The second kappa shape index (κ2) is 5.95. The first kappa shape index (κ1) is 15.0. The maximum absolute atomic E-state index is 12.1. The minimum absolute atomic E-state index is 0.316. The van der Waals surface area contributed by atoms with Crippen LogP contribution >= 0.6 is 0 Å². The SMILES string of the molecule is Cn1ncc(S(=O)(=O)Nc2nccnc2OCC(F)F)n1. The summed E-state index contributed by atoms with van der Waals surface area (Å²) in [6, 6.07) is 0. The van der Waals surface area contributed by atoms with Crippen molar-refractivity contribution in [2.75, 3.05) is 11.3 Å². The van der Waals surface area contributed by atoms with Gasteiger partial charge in [0.2, 0.25) is 10.8 Å². The Morgan fingerprint density at radius 2 is 2.10 bits per heavy atom. The van der Waals surface area contributed by atoms with Gasteiger partial charge < -0.3 is 4.74 Å². The molecular weight excluding hydrogens is 310 g/mol. The van der Waals surface area contributed by atoms with Crippen LogP contribution in [0.15, 0.2) is 23.6 Å². The highest BCUT2D eigenvalue weighted by atomic mass is 32.2. The summed E-state index contributed by atoms with van der Waals surface area (Å²) in [6.07, 6.45) is 0.666. The molecule has 0 fully saturated rings. The van der Waals surface area contributed by atoms with Crippen LogP contribution < -0.4 is 9.46 Å². The normalized spacial score (nSPS) is 11.6. The lowest BCUT2D eigenvalue weighted by Gasteiger charge is -2.09. The molecule has 21 heavy (non-hydrogen) atoms. The van der Waals surface area contributed by atoms with Gasteiger partial charge >= 0.3 is 0 Å². The number of anilines is 1. The molecule has 0 amide bonds. The number of sulfonamides is 1. The highest BCUT2D eigenvalue weighted by Crippen LogP contribution is 2.21. The average molecular weight is 320 g/mol. The van der Waals surface area contributed by atoms with Gasteiger partial charge in [0.05, 0.1) is 6.20 Å². The van der Waals surface area contributed by atoms with E-state index < -0.39 is 23.1 Å². The zero-order valence-corrected chi connectivity index (χ0v) is 11.5. The van der Waals surface area contributed by atoms with E-state index in [1.807, 2.05) is 0 Å². The fourth-order valence-corrected chi connectivity index (χ4v) is 2.18. The molecule has 1 N–H and O–H groups in total. The largest absolute Gasteiger partial charge is 0.469 e. The van der Waals surface area contributed by atoms with Crippen molar-refractivity contribution in [3.05, 3.63) is 18.6 Å². The Labute approximate surface area is 118 Å². The third-order valence-electron chi connectivity index (χ3n) is 2.10. The molecule has 0 aliphatic carbocycles. The van der Waals surface area contributed by atoms with E-state index in [0.29, 0.717) is 0 Å². The molecule has 0 aromatic carbocycles. The number of hydrogen-bond acceptors (Lipinski definition) is 7. The first-order valence-electron chi connectivity index (χ1n) is 5.49. The number of nitrogens with zero attached hydrogens (tertiary/aromatic N) is 5. The van der Waals surface area contributed by atoms with Crippen LogP contribution in [0, 0.1) is 0 Å². The monoisotopic (exact) mass is 320 g/mol. The van der Waals surface area contributed by atoms with Gasteiger partial charge in [0, 0.05) is 19.4 Å². The standard InChI is InChI=1S/C9H10F2N6O3S/c1-17-14-4-7(15-17)21(18,19)16-8-9(13-3-2-12-8)20-5-6(10)11/h2-4,6H,5H2,1H3,(H,12,16). The van der Waals surface area contributed by atoms with Crippen molar-refractivity contribution in [1.29, 1.82) is 0 Å². The summed E-state index contributed by atoms with van der Waals surface area (Å²) in [5.74, 6) is -0.672. The van der Waals surface area contributed by atoms with Gasteiger partial charge in [-0.25, -0.2) is 18.7 Å². The van der Waals surface area contributed by atoms with E-state index >= 15 is 0 Å². The maximum Gasteiger partial charge on any atom is 0.284 e. The lowest BCUT2D eigenvalue weighted by molar-refractivity contribution is 0.0798.